The number of nitriles is 1. The van der Waals surface area contributed by atoms with Crippen LogP contribution in [0.1, 0.15) is 11.1 Å². The molecule has 0 aliphatic carbocycles. The number of allylic oxidation sites excluding steroid dienone is 1. The fourth-order valence-electron chi connectivity index (χ4n) is 2.71. The highest BCUT2D eigenvalue weighted by Gasteiger charge is 2.09. The minimum absolute atomic E-state index is 0.0567. The number of nitro benzene ring substituents is 1. The molecule has 0 unspecified atom stereocenters. The lowest BCUT2D eigenvalue weighted by Gasteiger charge is -2.10. The smallest absolute Gasteiger partial charge is 0.269 e. The second-order valence-electron chi connectivity index (χ2n) is 6.51. The van der Waals surface area contributed by atoms with Crippen LogP contribution in [0.3, 0.4) is 0 Å². The van der Waals surface area contributed by atoms with Gasteiger partial charge in [-0.25, -0.2) is 4.39 Å². The highest BCUT2D eigenvalue weighted by molar-refractivity contribution is 9.10. The number of nitrogens with zero attached hydrogens (tertiary/aromatic N) is 2. The van der Waals surface area contributed by atoms with Gasteiger partial charge in [-0.2, -0.15) is 5.26 Å². The molecule has 0 radical (unpaired) electrons. The van der Waals surface area contributed by atoms with Crippen molar-refractivity contribution in [2.75, 3.05) is 11.9 Å². The number of nitrogens with one attached hydrogen (secondary N) is 1. The number of nitro groups is 1. The minimum Gasteiger partial charge on any atom is -0.483 e. The van der Waals surface area contributed by atoms with Crippen molar-refractivity contribution in [2.24, 2.45) is 0 Å². The summed E-state index contributed by atoms with van der Waals surface area (Å²) >= 11 is 3.38. The van der Waals surface area contributed by atoms with Gasteiger partial charge in [0.15, 0.2) is 6.61 Å². The van der Waals surface area contributed by atoms with Crippen LogP contribution < -0.4 is 10.1 Å². The molecule has 160 valence electrons. The van der Waals surface area contributed by atoms with Crippen molar-refractivity contribution in [3.05, 3.63) is 98.3 Å². The van der Waals surface area contributed by atoms with E-state index >= 15 is 0 Å². The molecule has 3 rings (SSSR count). The zero-order valence-corrected chi connectivity index (χ0v) is 18.0. The Morgan fingerprint density at radius 2 is 1.84 bits per heavy atom. The van der Waals surface area contributed by atoms with Gasteiger partial charge in [-0.05, 0) is 81.7 Å². The van der Waals surface area contributed by atoms with Gasteiger partial charge in [0.2, 0.25) is 0 Å². The molecule has 1 amide bonds. The average molecular weight is 496 g/mol. The van der Waals surface area contributed by atoms with Crippen molar-refractivity contribution in [1.29, 1.82) is 5.26 Å². The van der Waals surface area contributed by atoms with Gasteiger partial charge in [0.25, 0.3) is 11.6 Å². The molecule has 3 aromatic carbocycles. The number of hydrogen-bond acceptors (Lipinski definition) is 5. The molecule has 0 aliphatic rings. The van der Waals surface area contributed by atoms with E-state index in [1.165, 1.54) is 48.5 Å². The number of amides is 1. The largest absolute Gasteiger partial charge is 0.483 e. The summed E-state index contributed by atoms with van der Waals surface area (Å²) in [6.07, 6.45) is 1.64. The van der Waals surface area contributed by atoms with Crippen molar-refractivity contribution < 1.29 is 18.8 Å². The van der Waals surface area contributed by atoms with Gasteiger partial charge in [0.1, 0.15) is 11.6 Å². The third kappa shape index (κ3) is 6.00. The third-order valence-electron chi connectivity index (χ3n) is 4.26. The summed E-state index contributed by atoms with van der Waals surface area (Å²) in [5.41, 5.74) is 1.97. The topological polar surface area (TPSA) is 105 Å². The third-order valence-corrected chi connectivity index (χ3v) is 4.88. The van der Waals surface area contributed by atoms with E-state index in [2.05, 4.69) is 27.3 Å². The van der Waals surface area contributed by atoms with E-state index in [0.29, 0.717) is 32.6 Å². The van der Waals surface area contributed by atoms with Gasteiger partial charge >= 0.3 is 0 Å². The highest BCUT2D eigenvalue weighted by Crippen LogP contribution is 2.28. The number of rotatable bonds is 7. The Morgan fingerprint density at radius 1 is 1.16 bits per heavy atom. The second kappa shape index (κ2) is 10.3. The van der Waals surface area contributed by atoms with Crippen molar-refractivity contribution in [2.45, 2.75) is 0 Å². The molecule has 7 nitrogen and oxygen atoms in total. The van der Waals surface area contributed by atoms with Gasteiger partial charge in [0, 0.05) is 17.8 Å². The van der Waals surface area contributed by atoms with Crippen LogP contribution in [0.25, 0.3) is 11.6 Å². The Balaban J connectivity index is 1.67. The number of carbonyl (C=O) groups excluding carboxylic acids is 1. The van der Waals surface area contributed by atoms with E-state index in [9.17, 15) is 24.6 Å². The van der Waals surface area contributed by atoms with Crippen LogP contribution in [0, 0.1) is 27.3 Å². The summed E-state index contributed by atoms with van der Waals surface area (Å²) in [5, 5.41) is 22.9. The van der Waals surface area contributed by atoms with E-state index in [4.69, 9.17) is 4.74 Å². The minimum atomic E-state index is -0.505. The SMILES string of the molecule is N#CC(=Cc1ccc(OCC(=O)Nc2ccc(F)cc2)c(Br)c1)c1ccc([N+](=O)[O-])cc1. The molecule has 32 heavy (non-hydrogen) atoms. The van der Waals surface area contributed by atoms with Crippen molar-refractivity contribution >= 4 is 44.9 Å². The predicted molar refractivity (Wildman–Crippen MR) is 121 cm³/mol. The molecule has 0 bridgehead atoms. The van der Waals surface area contributed by atoms with Gasteiger partial charge in [0.05, 0.1) is 21.0 Å². The molecule has 0 atom stereocenters. The van der Waals surface area contributed by atoms with E-state index < -0.39 is 16.6 Å². The fraction of sp³-hybridized carbons (Fsp3) is 0.0435. The summed E-state index contributed by atoms with van der Waals surface area (Å²) in [6, 6.07) is 18.2. The van der Waals surface area contributed by atoms with Crippen LogP contribution >= 0.6 is 15.9 Å². The second-order valence-corrected chi connectivity index (χ2v) is 7.36. The molecule has 0 saturated heterocycles. The summed E-state index contributed by atoms with van der Waals surface area (Å²) in [5.74, 6) is -0.381. The first-order chi connectivity index (χ1) is 15.4. The quantitative estimate of drug-likeness (QED) is 0.199. The number of non-ortho nitro benzene ring substituents is 1. The molecule has 0 saturated carbocycles. The van der Waals surface area contributed by atoms with E-state index in [0.717, 1.165) is 0 Å². The van der Waals surface area contributed by atoms with Crippen molar-refractivity contribution in [1.82, 2.24) is 0 Å². The monoisotopic (exact) mass is 495 g/mol. The van der Waals surface area contributed by atoms with E-state index in [-0.39, 0.29) is 12.3 Å². The number of halogens is 2. The van der Waals surface area contributed by atoms with Crippen LogP contribution in [0.4, 0.5) is 15.8 Å². The molecule has 9 heteroatoms. The van der Waals surface area contributed by atoms with Gasteiger partial charge < -0.3 is 10.1 Å². The first-order valence-electron chi connectivity index (χ1n) is 9.20. The van der Waals surface area contributed by atoms with Crippen LogP contribution in [0.15, 0.2) is 71.2 Å². The molecule has 0 aliphatic heterocycles. The van der Waals surface area contributed by atoms with Gasteiger partial charge in [-0.3, -0.25) is 14.9 Å². The lowest BCUT2D eigenvalue weighted by atomic mass is 10.0. The Hall–Kier alpha value is -4.03. The first kappa shape index (κ1) is 22.7. The predicted octanol–water partition coefficient (Wildman–Crippen LogP) is 5.58. The van der Waals surface area contributed by atoms with Gasteiger partial charge in [-0.15, -0.1) is 0 Å². The Bertz CT molecular complexity index is 1220. The zero-order chi connectivity index (χ0) is 23.1. The molecule has 0 fully saturated rings. The number of benzene rings is 3. The van der Waals surface area contributed by atoms with Crippen molar-refractivity contribution in [3.8, 4) is 11.8 Å². The lowest BCUT2D eigenvalue weighted by molar-refractivity contribution is -0.384. The van der Waals surface area contributed by atoms with Crippen LogP contribution in [-0.4, -0.2) is 17.4 Å². The number of anilines is 1. The Morgan fingerprint density at radius 3 is 2.44 bits per heavy atom. The number of hydrogen-bond donors (Lipinski definition) is 1. The summed E-state index contributed by atoms with van der Waals surface area (Å²) in [6.45, 7) is -0.253. The molecule has 1 N–H and O–H groups in total. The van der Waals surface area contributed by atoms with Crippen molar-refractivity contribution in [3.63, 3.8) is 0 Å². The van der Waals surface area contributed by atoms with Crippen LogP contribution in [0.5, 0.6) is 5.75 Å². The van der Waals surface area contributed by atoms with E-state index in [1.807, 2.05) is 0 Å². The summed E-state index contributed by atoms with van der Waals surface area (Å²) < 4.78 is 19.0. The Labute approximate surface area is 191 Å². The summed E-state index contributed by atoms with van der Waals surface area (Å²) in [4.78, 5) is 22.3. The Kier molecular flexibility index (Phi) is 7.31. The fourth-order valence-corrected chi connectivity index (χ4v) is 3.22. The normalized spacial score (nSPS) is 10.8. The lowest BCUT2D eigenvalue weighted by Crippen LogP contribution is -2.20. The van der Waals surface area contributed by atoms with E-state index in [1.54, 1.807) is 24.3 Å². The maximum Gasteiger partial charge on any atom is 0.269 e. The highest BCUT2D eigenvalue weighted by atomic mass is 79.9. The maximum absolute atomic E-state index is 12.9. The molecule has 3 aromatic rings. The molecule has 0 spiro atoms. The molecular formula is C23H15BrFN3O4. The number of carbonyl (C=O) groups is 1. The van der Waals surface area contributed by atoms with Gasteiger partial charge in [-0.1, -0.05) is 6.07 Å². The average Bonchev–Trinajstić information content (AvgIpc) is 2.78. The molecule has 0 aromatic heterocycles. The van der Waals surface area contributed by atoms with Crippen LogP contribution in [-0.2, 0) is 4.79 Å². The summed E-state index contributed by atoms with van der Waals surface area (Å²) in [7, 11) is 0. The molecule has 0 heterocycles. The maximum atomic E-state index is 12.9. The molecular weight excluding hydrogens is 481 g/mol. The number of ether oxygens (including phenoxy) is 1. The first-order valence-corrected chi connectivity index (χ1v) is 9.99. The van der Waals surface area contributed by atoms with Crippen LogP contribution in [0.2, 0.25) is 0 Å². The standard InChI is InChI=1S/C23H15BrFN3O4/c24-21-12-15(11-17(13-26)16-2-8-20(9-3-16)28(30)31)1-10-22(21)32-14-23(29)27-19-6-4-18(25)5-7-19/h1-12H,14H2,(H,27,29). The zero-order valence-electron chi connectivity index (χ0n) is 16.4.